The molecule has 0 amide bonds. The number of allylic oxidation sites excluding steroid dienone is 1. The molecule has 0 spiro atoms. The molecule has 2 aromatic carbocycles. The third-order valence-electron chi connectivity index (χ3n) is 9.91. The molecule has 1 fully saturated rings. The van der Waals surface area contributed by atoms with Crippen molar-refractivity contribution in [2.45, 2.75) is 102 Å². The standard InChI is InChI=1S/C36H55N5O5S/c1-35(2,46-37-26-27-14-11-15-27)22-24-44-36(3,4)30-18-9-8-10-19-32-34(30)38-40(7)41(32)23-25-45-47(42,43)33-21-13-16-28-29(33)17-12-20-31(28)39(5)6/h12-13,16-17,20-21,26-27,30,38H,8-11,14-15,18-19,22-25H2,1-7H3/b37-26+. The highest BCUT2D eigenvalue weighted by molar-refractivity contribution is 7.87. The molecule has 47 heavy (non-hydrogen) atoms. The average molecular weight is 670 g/mol. The molecule has 260 valence electrons. The lowest BCUT2D eigenvalue weighted by molar-refractivity contribution is -0.0899. The summed E-state index contributed by atoms with van der Waals surface area (Å²) in [6.07, 6.45) is 11.6. The molecule has 1 unspecified atom stereocenters. The fraction of sp³-hybridized carbons (Fsp3) is 0.639. The van der Waals surface area contributed by atoms with E-state index in [0.29, 0.717) is 24.5 Å². The topological polar surface area (TPSA) is 95.9 Å². The summed E-state index contributed by atoms with van der Waals surface area (Å²) in [7, 11) is 1.89. The van der Waals surface area contributed by atoms with E-state index < -0.39 is 21.3 Å². The third-order valence-corrected chi connectivity index (χ3v) is 11.3. The molecule has 2 aliphatic carbocycles. The van der Waals surface area contributed by atoms with Gasteiger partial charge in [0.1, 0.15) is 10.5 Å². The smallest absolute Gasteiger partial charge is 0.297 e. The summed E-state index contributed by atoms with van der Waals surface area (Å²) in [4.78, 5) is 8.03. The maximum Gasteiger partial charge on any atom is 0.297 e. The van der Waals surface area contributed by atoms with Gasteiger partial charge in [-0.15, -0.1) is 5.12 Å². The number of nitrogens with one attached hydrogen (secondary N) is 1. The minimum Gasteiger partial charge on any atom is -0.390 e. The first-order valence-corrected chi connectivity index (χ1v) is 18.6. The Morgan fingerprint density at radius 1 is 0.979 bits per heavy atom. The van der Waals surface area contributed by atoms with E-state index in [2.05, 4.69) is 43.3 Å². The van der Waals surface area contributed by atoms with Crippen molar-refractivity contribution in [1.29, 1.82) is 0 Å². The number of benzene rings is 2. The zero-order valence-electron chi connectivity index (χ0n) is 29.4. The van der Waals surface area contributed by atoms with E-state index in [-0.39, 0.29) is 17.4 Å². The number of ether oxygens (including phenoxy) is 1. The lowest BCUT2D eigenvalue weighted by Crippen LogP contribution is -2.44. The van der Waals surface area contributed by atoms with Gasteiger partial charge in [0.15, 0.2) is 0 Å². The van der Waals surface area contributed by atoms with Crippen molar-refractivity contribution in [2.24, 2.45) is 17.0 Å². The molecule has 3 aliphatic rings. The largest absolute Gasteiger partial charge is 0.390 e. The molecular weight excluding hydrogens is 614 g/mol. The molecular formula is C36H55N5O5S. The number of anilines is 1. The van der Waals surface area contributed by atoms with Gasteiger partial charge >= 0.3 is 0 Å². The quantitative estimate of drug-likeness (QED) is 0.132. The molecule has 2 aromatic rings. The highest BCUT2D eigenvalue weighted by atomic mass is 32.2. The van der Waals surface area contributed by atoms with Crippen molar-refractivity contribution in [1.82, 2.24) is 15.6 Å². The van der Waals surface area contributed by atoms with Crippen molar-refractivity contribution < 1.29 is 22.2 Å². The normalized spacial score (nSPS) is 20.2. The second-order valence-corrected chi connectivity index (χ2v) is 16.2. The first kappa shape index (κ1) is 35.4. The molecule has 1 saturated carbocycles. The summed E-state index contributed by atoms with van der Waals surface area (Å²) in [5, 5.41) is 9.90. The Labute approximate surface area is 282 Å². The Balaban J connectivity index is 1.24. The summed E-state index contributed by atoms with van der Waals surface area (Å²) in [6, 6.07) is 11.0. The summed E-state index contributed by atoms with van der Waals surface area (Å²) in [5.41, 5.74) is 6.08. The van der Waals surface area contributed by atoms with E-state index in [9.17, 15) is 8.42 Å². The molecule has 0 saturated heterocycles. The van der Waals surface area contributed by atoms with Gasteiger partial charge in [-0.3, -0.25) is 9.19 Å². The van der Waals surface area contributed by atoms with Gasteiger partial charge in [0.25, 0.3) is 10.1 Å². The van der Waals surface area contributed by atoms with E-state index in [1.54, 1.807) is 12.1 Å². The lowest BCUT2D eigenvalue weighted by Gasteiger charge is -2.37. The first-order chi connectivity index (χ1) is 22.3. The van der Waals surface area contributed by atoms with Crippen LogP contribution in [0.4, 0.5) is 5.69 Å². The van der Waals surface area contributed by atoms with Crippen molar-refractivity contribution in [3.63, 3.8) is 0 Å². The van der Waals surface area contributed by atoms with Crippen LogP contribution in [0.5, 0.6) is 0 Å². The number of hydrazine groups is 2. The van der Waals surface area contributed by atoms with Gasteiger partial charge in [-0.25, -0.2) is 0 Å². The summed E-state index contributed by atoms with van der Waals surface area (Å²) < 4.78 is 39.3. The minimum atomic E-state index is -3.99. The van der Waals surface area contributed by atoms with Gasteiger partial charge < -0.3 is 19.9 Å². The third kappa shape index (κ3) is 8.42. The van der Waals surface area contributed by atoms with Crippen LogP contribution in [0.25, 0.3) is 10.8 Å². The van der Waals surface area contributed by atoms with Crippen molar-refractivity contribution in [2.75, 3.05) is 45.8 Å². The Kier molecular flexibility index (Phi) is 11.1. The maximum atomic E-state index is 13.5. The molecule has 1 atom stereocenters. The first-order valence-electron chi connectivity index (χ1n) is 17.2. The van der Waals surface area contributed by atoms with Gasteiger partial charge in [-0.05, 0) is 77.8 Å². The highest BCUT2D eigenvalue weighted by Crippen LogP contribution is 2.40. The van der Waals surface area contributed by atoms with E-state index in [1.165, 1.54) is 25.0 Å². The number of hydrogen-bond acceptors (Lipinski definition) is 10. The predicted octanol–water partition coefficient (Wildman–Crippen LogP) is 6.84. The Morgan fingerprint density at radius 3 is 2.45 bits per heavy atom. The van der Waals surface area contributed by atoms with Crippen LogP contribution in [0.3, 0.4) is 0 Å². The number of fused-ring (bicyclic) bond motifs is 1. The van der Waals surface area contributed by atoms with Crippen LogP contribution in [0.1, 0.15) is 85.5 Å². The molecule has 10 nitrogen and oxygen atoms in total. The molecule has 1 aliphatic heterocycles. The van der Waals surface area contributed by atoms with E-state index >= 15 is 0 Å². The zero-order valence-corrected chi connectivity index (χ0v) is 30.2. The Morgan fingerprint density at radius 2 is 1.72 bits per heavy atom. The van der Waals surface area contributed by atoms with Crippen LogP contribution in [0.2, 0.25) is 0 Å². The van der Waals surface area contributed by atoms with Crippen molar-refractivity contribution in [3.8, 4) is 0 Å². The molecule has 0 radical (unpaired) electrons. The number of rotatable bonds is 14. The molecule has 11 heteroatoms. The molecule has 1 N–H and O–H groups in total. The van der Waals surface area contributed by atoms with Crippen LogP contribution in [0, 0.1) is 11.8 Å². The van der Waals surface area contributed by atoms with Crippen LogP contribution in [-0.4, -0.2) is 76.9 Å². The van der Waals surface area contributed by atoms with Crippen molar-refractivity contribution >= 4 is 32.8 Å². The van der Waals surface area contributed by atoms with Gasteiger partial charge in [0.2, 0.25) is 0 Å². The second-order valence-electron chi connectivity index (χ2n) is 14.6. The monoisotopic (exact) mass is 669 g/mol. The highest BCUT2D eigenvalue weighted by Gasteiger charge is 2.40. The predicted molar refractivity (Wildman–Crippen MR) is 188 cm³/mol. The molecule has 0 bridgehead atoms. The van der Waals surface area contributed by atoms with Gasteiger partial charge in [0, 0.05) is 56.2 Å². The lowest BCUT2D eigenvalue weighted by atomic mass is 9.81. The Bertz CT molecular complexity index is 1550. The zero-order chi connectivity index (χ0) is 33.8. The molecule has 5 rings (SSSR count). The Hall–Kier alpha value is -2.86. The number of hydrogen-bond donors (Lipinski definition) is 1. The SMILES string of the molecule is CN(C)c1cccc2c(S(=O)(=O)OCCN3C4=C(NN3C)C(C(C)(C)OCCC(C)(C)O/N=C/C3CCC3)CCCCC4)cccc12. The molecule has 1 heterocycles. The van der Waals surface area contributed by atoms with E-state index in [0.717, 1.165) is 55.3 Å². The summed E-state index contributed by atoms with van der Waals surface area (Å²) in [5.74, 6) is 0.716. The number of nitrogens with zero attached hydrogens (tertiary/aromatic N) is 4. The minimum absolute atomic E-state index is 0.0256. The van der Waals surface area contributed by atoms with Crippen LogP contribution in [-0.2, 0) is 23.9 Å². The maximum absolute atomic E-state index is 13.5. The van der Waals surface area contributed by atoms with Crippen LogP contribution >= 0.6 is 0 Å². The average Bonchev–Trinajstić information content (AvgIpc) is 3.26. The second kappa shape index (κ2) is 14.7. The van der Waals surface area contributed by atoms with E-state index in [1.807, 2.05) is 61.6 Å². The van der Waals surface area contributed by atoms with Crippen LogP contribution in [0.15, 0.2) is 57.8 Å². The number of oxime groups is 1. The molecule has 0 aromatic heterocycles. The fourth-order valence-electron chi connectivity index (χ4n) is 6.83. The van der Waals surface area contributed by atoms with Gasteiger partial charge in [0.05, 0.1) is 36.8 Å². The van der Waals surface area contributed by atoms with Crippen LogP contribution < -0.4 is 10.3 Å². The van der Waals surface area contributed by atoms with Gasteiger partial charge in [-0.2, -0.15) is 8.42 Å². The summed E-state index contributed by atoms with van der Waals surface area (Å²) >= 11 is 0. The van der Waals surface area contributed by atoms with E-state index in [4.69, 9.17) is 13.8 Å². The summed E-state index contributed by atoms with van der Waals surface area (Å²) in [6.45, 7) is 9.47. The fourth-order valence-corrected chi connectivity index (χ4v) is 7.94. The van der Waals surface area contributed by atoms with Gasteiger partial charge in [-0.1, -0.05) is 48.7 Å². The van der Waals surface area contributed by atoms with Crippen molar-refractivity contribution in [3.05, 3.63) is 47.8 Å².